The number of anilines is 1. The van der Waals surface area contributed by atoms with Crippen LogP contribution in [0.3, 0.4) is 0 Å². The Kier molecular flexibility index (Phi) is 5.04. The fourth-order valence-electron chi connectivity index (χ4n) is 2.98. The van der Waals surface area contributed by atoms with Gasteiger partial charge in [-0.05, 0) is 48.7 Å². The van der Waals surface area contributed by atoms with Gasteiger partial charge < -0.3 is 15.0 Å². The molecule has 2 amide bonds. The Hall–Kier alpha value is -2.08. The molecule has 1 fully saturated rings. The Balaban J connectivity index is 1.78. The highest BCUT2D eigenvalue weighted by molar-refractivity contribution is 9.10. The number of nitrogens with zero attached hydrogens (tertiary/aromatic N) is 1. The maximum Gasteiger partial charge on any atom is 0.322 e. The van der Waals surface area contributed by atoms with Crippen LogP contribution in [0.4, 0.5) is 14.9 Å². The number of carbonyl (C=O) groups is 1. The average molecular weight is 393 g/mol. The lowest BCUT2D eigenvalue weighted by Crippen LogP contribution is -2.34. The number of hydrogen-bond donors (Lipinski definition) is 1. The molecule has 0 spiro atoms. The first-order chi connectivity index (χ1) is 11.6. The summed E-state index contributed by atoms with van der Waals surface area (Å²) in [5.74, 6) is 0.300. The zero-order valence-corrected chi connectivity index (χ0v) is 14.8. The summed E-state index contributed by atoms with van der Waals surface area (Å²) in [5, 5.41) is 2.67. The number of hydrogen-bond acceptors (Lipinski definition) is 2. The van der Waals surface area contributed by atoms with Crippen molar-refractivity contribution in [1.82, 2.24) is 4.90 Å². The first-order valence-electron chi connectivity index (χ1n) is 7.75. The van der Waals surface area contributed by atoms with Gasteiger partial charge in [-0.2, -0.15) is 0 Å². The molecule has 2 aromatic rings. The lowest BCUT2D eigenvalue weighted by molar-refractivity contribution is 0.207. The molecule has 24 heavy (non-hydrogen) atoms. The molecule has 4 nitrogen and oxygen atoms in total. The molecule has 1 N–H and O–H groups in total. The molecule has 0 bridgehead atoms. The van der Waals surface area contributed by atoms with Crippen molar-refractivity contribution in [2.75, 3.05) is 19.0 Å². The number of halogens is 2. The van der Waals surface area contributed by atoms with E-state index in [1.54, 1.807) is 24.1 Å². The van der Waals surface area contributed by atoms with Crippen LogP contribution in [0.1, 0.15) is 24.4 Å². The maximum absolute atomic E-state index is 13.9. The third-order valence-corrected chi connectivity index (χ3v) is 4.66. The second-order valence-electron chi connectivity index (χ2n) is 5.68. The second kappa shape index (κ2) is 7.21. The second-order valence-corrected chi connectivity index (χ2v) is 6.60. The molecule has 0 aliphatic carbocycles. The summed E-state index contributed by atoms with van der Waals surface area (Å²) in [6.07, 6.45) is 1.79. The van der Waals surface area contributed by atoms with E-state index in [-0.39, 0.29) is 17.8 Å². The van der Waals surface area contributed by atoms with E-state index in [4.69, 9.17) is 4.74 Å². The van der Waals surface area contributed by atoms with Crippen LogP contribution in [0.5, 0.6) is 5.75 Å². The minimum Gasteiger partial charge on any atom is -0.497 e. The highest BCUT2D eigenvalue weighted by Crippen LogP contribution is 2.34. The number of carbonyl (C=O) groups excluding carboxylic acids is 1. The van der Waals surface area contributed by atoms with Crippen LogP contribution in [0.25, 0.3) is 0 Å². The van der Waals surface area contributed by atoms with E-state index in [0.29, 0.717) is 11.0 Å². The average Bonchev–Trinajstić information content (AvgIpc) is 3.07. The third kappa shape index (κ3) is 3.53. The fraction of sp³-hybridized carbons (Fsp3) is 0.278. The molecular weight excluding hydrogens is 375 g/mol. The van der Waals surface area contributed by atoms with Crippen molar-refractivity contribution < 1.29 is 13.9 Å². The smallest absolute Gasteiger partial charge is 0.322 e. The Morgan fingerprint density at radius 3 is 2.92 bits per heavy atom. The molecule has 1 atom stereocenters. The summed E-state index contributed by atoms with van der Waals surface area (Å²) in [5.41, 5.74) is 1.21. The van der Waals surface area contributed by atoms with Gasteiger partial charge in [0, 0.05) is 11.0 Å². The molecule has 3 rings (SSSR count). The summed E-state index contributed by atoms with van der Waals surface area (Å²) >= 11 is 3.21. The molecule has 1 heterocycles. The van der Waals surface area contributed by atoms with Crippen LogP contribution in [0.15, 0.2) is 46.9 Å². The zero-order valence-electron chi connectivity index (χ0n) is 13.3. The predicted molar refractivity (Wildman–Crippen MR) is 94.8 cm³/mol. The molecule has 1 aliphatic heterocycles. The Morgan fingerprint density at radius 2 is 2.17 bits per heavy atom. The standard InChI is InChI=1S/C18H18BrFN2O2/c1-24-14-5-2-4-12(10-14)17-6-3-9-22(17)18(23)21-16-8-7-13(19)11-15(16)20/h2,4-5,7-8,10-11,17H,3,6,9H2,1H3,(H,21,23). The van der Waals surface area contributed by atoms with Gasteiger partial charge in [0.2, 0.25) is 0 Å². The number of nitrogens with one attached hydrogen (secondary N) is 1. The number of likely N-dealkylation sites (tertiary alicyclic amines) is 1. The predicted octanol–water partition coefficient (Wildman–Crippen LogP) is 4.97. The molecule has 2 aromatic carbocycles. The Bertz CT molecular complexity index is 754. The number of amides is 2. The van der Waals surface area contributed by atoms with Crippen molar-refractivity contribution in [3.63, 3.8) is 0 Å². The van der Waals surface area contributed by atoms with Crippen LogP contribution in [0.2, 0.25) is 0 Å². The van der Waals surface area contributed by atoms with Crippen LogP contribution in [-0.2, 0) is 0 Å². The van der Waals surface area contributed by atoms with Gasteiger partial charge in [0.1, 0.15) is 11.6 Å². The zero-order chi connectivity index (χ0) is 17.1. The van der Waals surface area contributed by atoms with E-state index < -0.39 is 5.82 Å². The number of rotatable bonds is 3. The SMILES string of the molecule is COc1cccc(C2CCCN2C(=O)Nc2ccc(Br)cc2F)c1. The van der Waals surface area contributed by atoms with Crippen molar-refractivity contribution >= 4 is 27.6 Å². The summed E-state index contributed by atoms with van der Waals surface area (Å²) in [7, 11) is 1.62. The first-order valence-corrected chi connectivity index (χ1v) is 8.54. The molecule has 0 aromatic heterocycles. The summed E-state index contributed by atoms with van der Waals surface area (Å²) in [6, 6.07) is 12.0. The van der Waals surface area contributed by atoms with Crippen molar-refractivity contribution in [3.8, 4) is 5.75 Å². The molecule has 1 aliphatic rings. The van der Waals surface area contributed by atoms with Crippen LogP contribution >= 0.6 is 15.9 Å². The number of methoxy groups -OCH3 is 1. The minimum absolute atomic E-state index is 0.0291. The van der Waals surface area contributed by atoms with E-state index >= 15 is 0 Å². The Labute approximate surface area is 148 Å². The summed E-state index contributed by atoms with van der Waals surface area (Å²) < 4.78 is 19.8. The van der Waals surface area contributed by atoms with Gasteiger partial charge in [-0.1, -0.05) is 28.1 Å². The minimum atomic E-state index is -0.463. The van der Waals surface area contributed by atoms with Gasteiger partial charge in [0.05, 0.1) is 18.8 Å². The van der Waals surface area contributed by atoms with Crippen LogP contribution in [0, 0.1) is 5.82 Å². The van der Waals surface area contributed by atoms with Gasteiger partial charge in [0.15, 0.2) is 0 Å². The largest absolute Gasteiger partial charge is 0.497 e. The molecular formula is C18H18BrFN2O2. The van der Waals surface area contributed by atoms with E-state index in [0.717, 1.165) is 24.2 Å². The monoisotopic (exact) mass is 392 g/mol. The van der Waals surface area contributed by atoms with E-state index in [1.165, 1.54) is 6.07 Å². The first kappa shape index (κ1) is 16.8. The van der Waals surface area contributed by atoms with Gasteiger partial charge >= 0.3 is 6.03 Å². The molecule has 126 valence electrons. The van der Waals surface area contributed by atoms with Crippen molar-refractivity contribution in [1.29, 1.82) is 0 Å². The third-order valence-electron chi connectivity index (χ3n) is 4.16. The van der Waals surface area contributed by atoms with Crippen molar-refractivity contribution in [2.45, 2.75) is 18.9 Å². The molecule has 1 unspecified atom stereocenters. The van der Waals surface area contributed by atoms with Gasteiger partial charge in [0.25, 0.3) is 0 Å². The van der Waals surface area contributed by atoms with Crippen molar-refractivity contribution in [3.05, 3.63) is 58.3 Å². The number of ether oxygens (including phenoxy) is 1. The molecule has 6 heteroatoms. The summed E-state index contributed by atoms with van der Waals surface area (Å²) in [4.78, 5) is 14.3. The van der Waals surface area contributed by atoms with E-state index in [1.807, 2.05) is 24.3 Å². The lowest BCUT2D eigenvalue weighted by Gasteiger charge is -2.25. The topological polar surface area (TPSA) is 41.6 Å². The highest BCUT2D eigenvalue weighted by atomic mass is 79.9. The Morgan fingerprint density at radius 1 is 1.33 bits per heavy atom. The molecule has 0 radical (unpaired) electrons. The maximum atomic E-state index is 13.9. The quantitative estimate of drug-likeness (QED) is 0.801. The molecule has 1 saturated heterocycles. The van der Waals surface area contributed by atoms with Gasteiger partial charge in [-0.3, -0.25) is 0 Å². The molecule has 0 saturated carbocycles. The number of benzene rings is 2. The van der Waals surface area contributed by atoms with E-state index in [2.05, 4.69) is 21.2 Å². The lowest BCUT2D eigenvalue weighted by atomic mass is 10.0. The highest BCUT2D eigenvalue weighted by Gasteiger charge is 2.30. The number of urea groups is 1. The van der Waals surface area contributed by atoms with Gasteiger partial charge in [-0.15, -0.1) is 0 Å². The van der Waals surface area contributed by atoms with Crippen LogP contribution in [-0.4, -0.2) is 24.6 Å². The van der Waals surface area contributed by atoms with E-state index in [9.17, 15) is 9.18 Å². The summed E-state index contributed by atoms with van der Waals surface area (Å²) in [6.45, 7) is 0.645. The normalized spacial score (nSPS) is 17.0. The van der Waals surface area contributed by atoms with Crippen molar-refractivity contribution in [2.24, 2.45) is 0 Å². The van der Waals surface area contributed by atoms with Crippen LogP contribution < -0.4 is 10.1 Å². The van der Waals surface area contributed by atoms with Gasteiger partial charge in [-0.25, -0.2) is 9.18 Å². The fourth-order valence-corrected chi connectivity index (χ4v) is 3.32.